The van der Waals surface area contributed by atoms with Crippen LogP contribution in [0.5, 0.6) is 0 Å². The van der Waals surface area contributed by atoms with Crippen LogP contribution in [-0.4, -0.2) is 37.7 Å². The van der Waals surface area contributed by atoms with Crippen molar-refractivity contribution in [2.45, 2.75) is 32.1 Å². The molecule has 1 N–H and O–H groups in total. The molecule has 0 atom stereocenters. The van der Waals surface area contributed by atoms with Crippen molar-refractivity contribution in [2.75, 3.05) is 25.0 Å². The maximum absolute atomic E-state index is 11.9. The highest BCUT2D eigenvalue weighted by Crippen LogP contribution is 2.48. The van der Waals surface area contributed by atoms with Crippen LogP contribution in [0, 0.1) is 5.41 Å². The third-order valence-electron chi connectivity index (χ3n) is 3.62. The highest BCUT2D eigenvalue weighted by atomic mass is 79.9. The number of nitrogens with one attached hydrogen (secondary N) is 1. The van der Waals surface area contributed by atoms with E-state index in [4.69, 9.17) is 0 Å². The van der Waals surface area contributed by atoms with Crippen LogP contribution in [0.3, 0.4) is 0 Å². The monoisotopic (exact) mass is 310 g/mol. The van der Waals surface area contributed by atoms with Gasteiger partial charge in [0.1, 0.15) is 0 Å². The molecule has 4 nitrogen and oxygen atoms in total. The highest BCUT2D eigenvalue weighted by Gasteiger charge is 2.42. The van der Waals surface area contributed by atoms with Crippen molar-refractivity contribution in [1.82, 2.24) is 9.03 Å². The molecule has 0 bridgehead atoms. The molecule has 1 saturated heterocycles. The van der Waals surface area contributed by atoms with E-state index in [0.717, 1.165) is 37.4 Å². The maximum atomic E-state index is 11.9. The molecule has 0 radical (unpaired) electrons. The fourth-order valence-corrected chi connectivity index (χ4v) is 4.41. The van der Waals surface area contributed by atoms with Crippen LogP contribution < -0.4 is 4.72 Å². The fraction of sp³-hybridized carbons (Fsp3) is 1.00. The van der Waals surface area contributed by atoms with E-state index >= 15 is 0 Å². The van der Waals surface area contributed by atoms with Gasteiger partial charge in [0.05, 0.1) is 0 Å². The Bertz CT molecular complexity index is 335. The molecule has 94 valence electrons. The summed E-state index contributed by atoms with van der Waals surface area (Å²) in [7, 11) is -3.20. The number of hydrogen-bond donors (Lipinski definition) is 1. The molecule has 2 fully saturated rings. The van der Waals surface area contributed by atoms with E-state index in [1.54, 1.807) is 4.31 Å². The molecule has 1 aliphatic carbocycles. The van der Waals surface area contributed by atoms with Gasteiger partial charge < -0.3 is 0 Å². The molecule has 2 aliphatic rings. The van der Waals surface area contributed by atoms with Gasteiger partial charge in [-0.1, -0.05) is 15.9 Å². The molecule has 6 heteroatoms. The lowest BCUT2D eigenvalue weighted by Crippen LogP contribution is -2.41. The number of halogens is 1. The minimum atomic E-state index is -3.20. The summed E-state index contributed by atoms with van der Waals surface area (Å²) in [5, 5.41) is 0.957. The van der Waals surface area contributed by atoms with Gasteiger partial charge in [-0.2, -0.15) is 12.7 Å². The first-order chi connectivity index (χ1) is 7.58. The van der Waals surface area contributed by atoms with Crippen molar-refractivity contribution in [3.63, 3.8) is 0 Å². The topological polar surface area (TPSA) is 49.4 Å². The Morgan fingerprint density at radius 1 is 1.25 bits per heavy atom. The Balaban J connectivity index is 1.84. The second kappa shape index (κ2) is 4.92. The van der Waals surface area contributed by atoms with Crippen LogP contribution >= 0.6 is 15.9 Å². The Morgan fingerprint density at radius 3 is 2.38 bits per heavy atom. The Morgan fingerprint density at radius 2 is 1.88 bits per heavy atom. The van der Waals surface area contributed by atoms with Gasteiger partial charge in [0.15, 0.2) is 0 Å². The van der Waals surface area contributed by atoms with Crippen LogP contribution in [0.25, 0.3) is 0 Å². The van der Waals surface area contributed by atoms with E-state index < -0.39 is 10.2 Å². The standard InChI is InChI=1S/C10H19BrN2O2S/c11-6-5-10(3-4-10)9-12-16(14,15)13-7-1-2-8-13/h12H,1-9H2. The number of hydrogen-bond acceptors (Lipinski definition) is 2. The number of alkyl halides is 1. The van der Waals surface area contributed by atoms with E-state index in [2.05, 4.69) is 20.7 Å². The third-order valence-corrected chi connectivity index (χ3v) is 5.57. The summed E-state index contributed by atoms with van der Waals surface area (Å²) in [6.07, 6.45) is 5.36. The van der Waals surface area contributed by atoms with Crippen molar-refractivity contribution >= 4 is 26.1 Å². The molecular weight excluding hydrogens is 292 g/mol. The van der Waals surface area contributed by atoms with Gasteiger partial charge in [0.2, 0.25) is 0 Å². The van der Waals surface area contributed by atoms with E-state index in [1.165, 1.54) is 0 Å². The van der Waals surface area contributed by atoms with Crippen molar-refractivity contribution in [3.05, 3.63) is 0 Å². The summed E-state index contributed by atoms with van der Waals surface area (Å²) in [5.41, 5.74) is 0.246. The van der Waals surface area contributed by atoms with E-state index in [0.29, 0.717) is 19.6 Å². The molecule has 0 aromatic carbocycles. The maximum Gasteiger partial charge on any atom is 0.279 e. The van der Waals surface area contributed by atoms with Gasteiger partial charge >= 0.3 is 0 Å². The fourth-order valence-electron chi connectivity index (χ4n) is 2.16. The first kappa shape index (κ1) is 12.8. The molecule has 1 heterocycles. The number of rotatable bonds is 6. The third kappa shape index (κ3) is 2.97. The normalized spacial score (nSPS) is 24.8. The highest BCUT2D eigenvalue weighted by molar-refractivity contribution is 9.09. The first-order valence-corrected chi connectivity index (χ1v) is 8.45. The molecule has 2 rings (SSSR count). The van der Waals surface area contributed by atoms with Crippen LogP contribution in [0.2, 0.25) is 0 Å². The second-order valence-corrected chi connectivity index (χ2v) is 7.42. The lowest BCUT2D eigenvalue weighted by molar-refractivity contribution is 0.437. The molecular formula is C10H19BrN2O2S. The Labute approximate surface area is 106 Å². The average molecular weight is 311 g/mol. The van der Waals surface area contributed by atoms with Crippen LogP contribution in [-0.2, 0) is 10.2 Å². The zero-order chi connectivity index (χ0) is 11.6. The predicted octanol–water partition coefficient (Wildman–Crippen LogP) is 1.48. The SMILES string of the molecule is O=S(=O)(NCC1(CCBr)CC1)N1CCCC1. The second-order valence-electron chi connectivity index (χ2n) is 4.87. The zero-order valence-corrected chi connectivity index (χ0v) is 11.8. The number of nitrogens with zero attached hydrogens (tertiary/aromatic N) is 1. The zero-order valence-electron chi connectivity index (χ0n) is 9.41. The van der Waals surface area contributed by atoms with Gasteiger partial charge in [-0.25, -0.2) is 4.72 Å². The molecule has 0 aromatic rings. The van der Waals surface area contributed by atoms with Crippen molar-refractivity contribution in [2.24, 2.45) is 5.41 Å². The van der Waals surface area contributed by atoms with E-state index in [9.17, 15) is 8.42 Å². The summed E-state index contributed by atoms with van der Waals surface area (Å²) < 4.78 is 28.2. The van der Waals surface area contributed by atoms with Gasteiger partial charge in [0.25, 0.3) is 10.2 Å². The molecule has 0 spiro atoms. The minimum absolute atomic E-state index is 0.246. The molecule has 0 amide bonds. The van der Waals surface area contributed by atoms with Crippen molar-refractivity contribution in [1.29, 1.82) is 0 Å². The molecule has 16 heavy (non-hydrogen) atoms. The molecule has 0 unspecified atom stereocenters. The summed E-state index contributed by atoms with van der Waals surface area (Å²) in [6.45, 7) is 1.97. The smallest absolute Gasteiger partial charge is 0.202 e. The van der Waals surface area contributed by atoms with Crippen molar-refractivity contribution in [3.8, 4) is 0 Å². The van der Waals surface area contributed by atoms with Gasteiger partial charge in [-0.15, -0.1) is 0 Å². The average Bonchev–Trinajstić information content (AvgIpc) is 2.81. The quantitative estimate of drug-likeness (QED) is 0.756. The Hall–Kier alpha value is 0.350. The summed E-state index contributed by atoms with van der Waals surface area (Å²) >= 11 is 3.42. The summed E-state index contributed by atoms with van der Waals surface area (Å²) in [5.74, 6) is 0. The molecule has 0 aromatic heterocycles. The van der Waals surface area contributed by atoms with E-state index in [-0.39, 0.29) is 5.41 Å². The van der Waals surface area contributed by atoms with Crippen LogP contribution in [0.4, 0.5) is 0 Å². The molecule has 1 aliphatic heterocycles. The van der Waals surface area contributed by atoms with Gasteiger partial charge in [0, 0.05) is 25.0 Å². The van der Waals surface area contributed by atoms with Gasteiger partial charge in [-0.05, 0) is 37.5 Å². The lowest BCUT2D eigenvalue weighted by Gasteiger charge is -2.19. The van der Waals surface area contributed by atoms with Crippen molar-refractivity contribution < 1.29 is 8.42 Å². The molecule has 1 saturated carbocycles. The largest absolute Gasteiger partial charge is 0.279 e. The van der Waals surface area contributed by atoms with Gasteiger partial charge in [-0.3, -0.25) is 0 Å². The van der Waals surface area contributed by atoms with Crippen LogP contribution in [0.1, 0.15) is 32.1 Å². The van der Waals surface area contributed by atoms with E-state index in [1.807, 2.05) is 0 Å². The first-order valence-electron chi connectivity index (χ1n) is 5.89. The lowest BCUT2D eigenvalue weighted by atomic mass is 10.1. The Kier molecular flexibility index (Phi) is 3.93. The van der Waals surface area contributed by atoms with Crippen LogP contribution in [0.15, 0.2) is 0 Å². The summed E-state index contributed by atoms with van der Waals surface area (Å²) in [4.78, 5) is 0. The predicted molar refractivity (Wildman–Crippen MR) is 67.8 cm³/mol. The minimum Gasteiger partial charge on any atom is -0.202 e. The summed E-state index contributed by atoms with van der Waals surface area (Å²) in [6, 6.07) is 0.